The van der Waals surface area contributed by atoms with E-state index in [0.29, 0.717) is 0 Å². The third-order valence-electron chi connectivity index (χ3n) is 4.24. The summed E-state index contributed by atoms with van der Waals surface area (Å²) in [7, 11) is 1.91. The van der Waals surface area contributed by atoms with Crippen LogP contribution in [-0.4, -0.2) is 15.8 Å². The lowest BCUT2D eigenvalue weighted by atomic mass is 10.1. The normalized spacial score (nSPS) is 13.7. The predicted octanol–water partition coefficient (Wildman–Crippen LogP) is 3.37. The average molecular weight is 318 g/mol. The molecule has 2 rings (SSSR count). The van der Waals surface area contributed by atoms with Crippen molar-refractivity contribution < 1.29 is 9.21 Å². The average Bonchev–Trinajstić information content (AvgIpc) is 2.89. The van der Waals surface area contributed by atoms with Crippen LogP contribution in [0.3, 0.4) is 0 Å². The largest absolute Gasteiger partial charge is 0.466 e. The van der Waals surface area contributed by atoms with E-state index in [1.54, 1.807) is 0 Å². The lowest BCUT2D eigenvalue weighted by Gasteiger charge is -2.18. The molecule has 0 aliphatic carbocycles. The molecule has 2 amide bonds. The molecule has 6 heteroatoms. The van der Waals surface area contributed by atoms with Gasteiger partial charge >= 0.3 is 6.03 Å². The third-order valence-corrected chi connectivity index (χ3v) is 4.24. The number of nitrogens with one attached hydrogen (secondary N) is 2. The standard InChI is InChI=1S/C17H26N4O2/c1-9-8-15(14(6)23-9)10(2)18-17(22)19-11(3)16-12(4)20-21(7)13(16)5/h8,10-11H,1-7H3,(H2,18,19,22). The zero-order valence-electron chi connectivity index (χ0n) is 14.9. The Labute approximate surface area is 137 Å². The Morgan fingerprint density at radius 1 is 1.17 bits per heavy atom. The fraction of sp³-hybridized carbons (Fsp3) is 0.529. The van der Waals surface area contributed by atoms with Crippen molar-refractivity contribution in [3.63, 3.8) is 0 Å². The van der Waals surface area contributed by atoms with Gasteiger partial charge in [0.2, 0.25) is 0 Å². The van der Waals surface area contributed by atoms with Crippen LogP contribution in [0.2, 0.25) is 0 Å². The first-order valence-corrected chi connectivity index (χ1v) is 7.84. The number of carbonyl (C=O) groups excluding carboxylic acids is 1. The second kappa shape index (κ2) is 6.48. The Morgan fingerprint density at radius 3 is 2.26 bits per heavy atom. The Bertz CT molecular complexity index is 714. The van der Waals surface area contributed by atoms with E-state index in [-0.39, 0.29) is 18.1 Å². The molecule has 2 heterocycles. The molecule has 0 aromatic carbocycles. The quantitative estimate of drug-likeness (QED) is 0.908. The van der Waals surface area contributed by atoms with Crippen LogP contribution in [0.4, 0.5) is 4.79 Å². The molecule has 0 aliphatic rings. The number of aryl methyl sites for hydroxylation is 4. The molecule has 6 nitrogen and oxygen atoms in total. The zero-order chi connectivity index (χ0) is 17.3. The van der Waals surface area contributed by atoms with E-state index in [9.17, 15) is 4.79 Å². The van der Waals surface area contributed by atoms with E-state index in [1.807, 2.05) is 59.3 Å². The van der Waals surface area contributed by atoms with Crippen molar-refractivity contribution in [1.29, 1.82) is 0 Å². The third kappa shape index (κ3) is 3.57. The summed E-state index contributed by atoms with van der Waals surface area (Å²) in [6.07, 6.45) is 0. The summed E-state index contributed by atoms with van der Waals surface area (Å²) < 4.78 is 7.35. The summed E-state index contributed by atoms with van der Waals surface area (Å²) in [5.41, 5.74) is 4.06. The maximum Gasteiger partial charge on any atom is 0.315 e. The van der Waals surface area contributed by atoms with Crippen LogP contribution in [0, 0.1) is 27.7 Å². The number of urea groups is 1. The van der Waals surface area contributed by atoms with Crippen LogP contribution in [0.15, 0.2) is 10.5 Å². The second-order valence-electron chi connectivity index (χ2n) is 6.14. The molecule has 0 radical (unpaired) electrons. The van der Waals surface area contributed by atoms with Crippen molar-refractivity contribution in [2.75, 3.05) is 0 Å². The molecule has 126 valence electrons. The molecule has 23 heavy (non-hydrogen) atoms. The van der Waals surface area contributed by atoms with E-state index in [4.69, 9.17) is 4.42 Å². The van der Waals surface area contributed by atoms with Crippen LogP contribution >= 0.6 is 0 Å². The van der Waals surface area contributed by atoms with Crippen molar-refractivity contribution in [1.82, 2.24) is 20.4 Å². The molecule has 0 spiro atoms. The Morgan fingerprint density at radius 2 is 1.78 bits per heavy atom. The molecule has 0 aliphatic heterocycles. The molecule has 2 aromatic rings. The van der Waals surface area contributed by atoms with Gasteiger partial charge in [-0.05, 0) is 47.6 Å². The molecule has 0 fully saturated rings. The maximum atomic E-state index is 12.3. The van der Waals surface area contributed by atoms with Gasteiger partial charge in [-0.2, -0.15) is 5.10 Å². The summed E-state index contributed by atoms with van der Waals surface area (Å²) in [5.74, 6) is 1.68. The summed E-state index contributed by atoms with van der Waals surface area (Å²) in [6, 6.07) is 1.53. The smallest absolute Gasteiger partial charge is 0.315 e. The van der Waals surface area contributed by atoms with Crippen molar-refractivity contribution in [2.45, 2.75) is 53.6 Å². The van der Waals surface area contributed by atoms with E-state index < -0.39 is 0 Å². The van der Waals surface area contributed by atoms with Gasteiger partial charge in [-0.1, -0.05) is 0 Å². The van der Waals surface area contributed by atoms with Crippen LogP contribution in [0.1, 0.15) is 60.0 Å². The number of carbonyl (C=O) groups is 1. The van der Waals surface area contributed by atoms with Gasteiger partial charge in [0, 0.05) is 23.9 Å². The first-order chi connectivity index (χ1) is 10.7. The van der Waals surface area contributed by atoms with Crippen LogP contribution in [0.25, 0.3) is 0 Å². The topological polar surface area (TPSA) is 72.1 Å². The van der Waals surface area contributed by atoms with Gasteiger partial charge in [0.05, 0.1) is 17.8 Å². The van der Waals surface area contributed by atoms with E-state index in [1.165, 1.54) is 0 Å². The van der Waals surface area contributed by atoms with E-state index >= 15 is 0 Å². The lowest BCUT2D eigenvalue weighted by Crippen LogP contribution is -2.38. The van der Waals surface area contributed by atoms with Gasteiger partial charge in [0.25, 0.3) is 0 Å². The molecule has 0 saturated carbocycles. The number of nitrogens with zero attached hydrogens (tertiary/aromatic N) is 2. The molecule has 0 bridgehead atoms. The Kier molecular flexibility index (Phi) is 4.82. The highest BCUT2D eigenvalue weighted by molar-refractivity contribution is 5.75. The van der Waals surface area contributed by atoms with Gasteiger partial charge in [-0.25, -0.2) is 4.79 Å². The van der Waals surface area contributed by atoms with Gasteiger partial charge in [0.1, 0.15) is 11.5 Å². The van der Waals surface area contributed by atoms with Gasteiger partial charge in [-0.15, -0.1) is 0 Å². The SMILES string of the molecule is Cc1cc(C(C)NC(=O)NC(C)c2c(C)nn(C)c2C)c(C)o1. The maximum absolute atomic E-state index is 12.3. The minimum absolute atomic E-state index is 0.108. The number of aromatic nitrogens is 2. The Balaban J connectivity index is 2.03. The molecule has 2 atom stereocenters. The van der Waals surface area contributed by atoms with E-state index in [0.717, 1.165) is 34.0 Å². The first-order valence-electron chi connectivity index (χ1n) is 7.84. The fourth-order valence-electron chi connectivity index (χ4n) is 3.08. The highest BCUT2D eigenvalue weighted by Gasteiger charge is 2.20. The summed E-state index contributed by atoms with van der Waals surface area (Å²) in [5, 5.41) is 10.3. The lowest BCUT2D eigenvalue weighted by molar-refractivity contribution is 0.235. The number of furan rings is 1. The van der Waals surface area contributed by atoms with E-state index in [2.05, 4.69) is 15.7 Å². The highest BCUT2D eigenvalue weighted by Crippen LogP contribution is 2.22. The van der Waals surface area contributed by atoms with Crippen molar-refractivity contribution in [3.8, 4) is 0 Å². The van der Waals surface area contributed by atoms with Gasteiger partial charge in [0.15, 0.2) is 0 Å². The van der Waals surface area contributed by atoms with Gasteiger partial charge < -0.3 is 15.1 Å². The summed E-state index contributed by atoms with van der Waals surface area (Å²) in [4.78, 5) is 12.3. The predicted molar refractivity (Wildman–Crippen MR) is 89.4 cm³/mol. The molecule has 2 aromatic heterocycles. The van der Waals surface area contributed by atoms with Crippen molar-refractivity contribution in [2.24, 2.45) is 7.05 Å². The van der Waals surface area contributed by atoms with Crippen molar-refractivity contribution in [3.05, 3.63) is 40.1 Å². The zero-order valence-corrected chi connectivity index (χ0v) is 14.9. The summed E-state index contributed by atoms with van der Waals surface area (Å²) >= 11 is 0. The fourth-order valence-corrected chi connectivity index (χ4v) is 3.08. The minimum Gasteiger partial charge on any atom is -0.466 e. The number of hydrogen-bond acceptors (Lipinski definition) is 3. The number of hydrogen-bond donors (Lipinski definition) is 2. The molecular weight excluding hydrogens is 292 g/mol. The number of amides is 2. The molecular formula is C17H26N4O2. The molecule has 2 N–H and O–H groups in total. The van der Waals surface area contributed by atoms with Crippen LogP contribution in [0.5, 0.6) is 0 Å². The van der Waals surface area contributed by atoms with Gasteiger partial charge in [-0.3, -0.25) is 4.68 Å². The first kappa shape index (κ1) is 17.1. The molecule has 0 saturated heterocycles. The van der Waals surface area contributed by atoms with Crippen LogP contribution in [-0.2, 0) is 7.05 Å². The summed E-state index contributed by atoms with van der Waals surface area (Å²) in [6.45, 7) is 11.7. The minimum atomic E-state index is -0.203. The highest BCUT2D eigenvalue weighted by atomic mass is 16.3. The monoisotopic (exact) mass is 318 g/mol. The van der Waals surface area contributed by atoms with Crippen LogP contribution < -0.4 is 10.6 Å². The van der Waals surface area contributed by atoms with Crippen molar-refractivity contribution >= 4 is 6.03 Å². The molecule has 2 unspecified atom stereocenters. The Hall–Kier alpha value is -2.24. The second-order valence-corrected chi connectivity index (χ2v) is 6.14. The number of rotatable bonds is 4.